The van der Waals surface area contributed by atoms with Gasteiger partial charge in [0.1, 0.15) is 11.5 Å². The number of halogens is 1. The Labute approximate surface area is 117 Å². The van der Waals surface area contributed by atoms with E-state index in [0.29, 0.717) is 18.0 Å². The van der Waals surface area contributed by atoms with Crippen molar-refractivity contribution in [3.63, 3.8) is 0 Å². The molecule has 0 fully saturated rings. The first-order valence-electron chi connectivity index (χ1n) is 5.92. The van der Waals surface area contributed by atoms with Crippen molar-refractivity contribution in [1.82, 2.24) is 10.1 Å². The number of hydrogen-bond acceptors (Lipinski definition) is 3. The molecule has 0 radical (unpaired) electrons. The summed E-state index contributed by atoms with van der Waals surface area (Å²) >= 11 is 5.77. The molecule has 0 bridgehead atoms. The summed E-state index contributed by atoms with van der Waals surface area (Å²) in [5, 5.41) is 3.88. The molecule has 1 heterocycles. The molecular weight excluding hydrogens is 264 g/mol. The van der Waals surface area contributed by atoms with Gasteiger partial charge in [0, 0.05) is 24.6 Å². The third kappa shape index (κ3) is 3.35. The van der Waals surface area contributed by atoms with E-state index in [1.54, 1.807) is 24.1 Å². The van der Waals surface area contributed by atoms with Crippen LogP contribution in [0.25, 0.3) is 0 Å². The zero-order valence-corrected chi connectivity index (χ0v) is 11.6. The maximum Gasteiger partial charge on any atom is 0.253 e. The Morgan fingerprint density at radius 2 is 2.21 bits per heavy atom. The van der Waals surface area contributed by atoms with Crippen LogP contribution >= 0.6 is 11.6 Å². The van der Waals surface area contributed by atoms with Crippen molar-refractivity contribution in [2.75, 3.05) is 7.05 Å². The average molecular weight is 279 g/mol. The van der Waals surface area contributed by atoms with Gasteiger partial charge in [-0.2, -0.15) is 0 Å². The molecule has 0 aliphatic heterocycles. The normalized spacial score (nSPS) is 10.5. The summed E-state index contributed by atoms with van der Waals surface area (Å²) in [6.07, 6.45) is 0. The molecule has 19 heavy (non-hydrogen) atoms. The second-order valence-electron chi connectivity index (χ2n) is 4.42. The standard InChI is InChI=1S/C14H15ClN2O2/c1-10-6-13(16-19-10)9-17(2)14(18)12-5-3-4-11(7-12)8-15/h3-7H,8-9H2,1-2H3. The van der Waals surface area contributed by atoms with Gasteiger partial charge in [0.2, 0.25) is 0 Å². The first-order valence-corrected chi connectivity index (χ1v) is 6.46. The van der Waals surface area contributed by atoms with Crippen LogP contribution in [0.2, 0.25) is 0 Å². The van der Waals surface area contributed by atoms with Crippen LogP contribution in [0.5, 0.6) is 0 Å². The summed E-state index contributed by atoms with van der Waals surface area (Å²) in [7, 11) is 1.74. The minimum atomic E-state index is -0.0624. The molecular formula is C14H15ClN2O2. The lowest BCUT2D eigenvalue weighted by molar-refractivity contribution is 0.0782. The van der Waals surface area contributed by atoms with Crippen molar-refractivity contribution in [2.24, 2.45) is 0 Å². The predicted octanol–water partition coefficient (Wildman–Crippen LogP) is 2.99. The number of alkyl halides is 1. The van der Waals surface area contributed by atoms with Crippen LogP contribution in [0.3, 0.4) is 0 Å². The Balaban J connectivity index is 2.09. The molecule has 0 N–H and O–H groups in total. The highest BCUT2D eigenvalue weighted by Crippen LogP contribution is 2.12. The van der Waals surface area contributed by atoms with Gasteiger partial charge in [-0.05, 0) is 24.6 Å². The minimum Gasteiger partial charge on any atom is -0.361 e. The zero-order chi connectivity index (χ0) is 13.8. The average Bonchev–Trinajstić information content (AvgIpc) is 2.83. The van der Waals surface area contributed by atoms with Crippen molar-refractivity contribution in [3.05, 3.63) is 52.9 Å². The van der Waals surface area contributed by atoms with Gasteiger partial charge >= 0.3 is 0 Å². The largest absolute Gasteiger partial charge is 0.361 e. The van der Waals surface area contributed by atoms with Crippen molar-refractivity contribution in [1.29, 1.82) is 0 Å². The molecule has 4 nitrogen and oxygen atoms in total. The van der Waals surface area contributed by atoms with Gasteiger partial charge in [-0.25, -0.2) is 0 Å². The molecule has 0 unspecified atom stereocenters. The summed E-state index contributed by atoms with van der Waals surface area (Å²) < 4.78 is 4.98. The predicted molar refractivity (Wildman–Crippen MR) is 73.0 cm³/mol. The van der Waals surface area contributed by atoms with E-state index in [1.807, 2.05) is 25.1 Å². The Bertz CT molecular complexity index is 580. The maximum absolute atomic E-state index is 12.2. The lowest BCUT2D eigenvalue weighted by atomic mass is 10.1. The van der Waals surface area contributed by atoms with Gasteiger partial charge in [0.15, 0.2) is 0 Å². The van der Waals surface area contributed by atoms with E-state index in [0.717, 1.165) is 17.0 Å². The number of nitrogens with zero attached hydrogens (tertiary/aromatic N) is 2. The van der Waals surface area contributed by atoms with E-state index in [4.69, 9.17) is 16.1 Å². The van der Waals surface area contributed by atoms with Crippen LogP contribution in [0, 0.1) is 6.92 Å². The van der Waals surface area contributed by atoms with Gasteiger partial charge in [-0.1, -0.05) is 17.3 Å². The molecule has 5 heteroatoms. The lowest BCUT2D eigenvalue weighted by Crippen LogP contribution is -2.26. The van der Waals surface area contributed by atoms with Gasteiger partial charge in [-0.3, -0.25) is 4.79 Å². The van der Waals surface area contributed by atoms with Crippen LogP contribution in [-0.2, 0) is 12.4 Å². The molecule has 100 valence electrons. The maximum atomic E-state index is 12.2. The molecule has 0 saturated carbocycles. The molecule has 0 spiro atoms. The van der Waals surface area contributed by atoms with Crippen LogP contribution in [0.4, 0.5) is 0 Å². The number of hydrogen-bond donors (Lipinski definition) is 0. The second kappa shape index (κ2) is 5.89. The van der Waals surface area contributed by atoms with Crippen LogP contribution in [0.1, 0.15) is 27.4 Å². The summed E-state index contributed by atoms with van der Waals surface area (Å²) in [6.45, 7) is 2.24. The number of rotatable bonds is 4. The fourth-order valence-electron chi connectivity index (χ4n) is 1.82. The number of benzene rings is 1. The molecule has 0 aliphatic rings. The number of carbonyl (C=O) groups is 1. The van der Waals surface area contributed by atoms with Gasteiger partial charge < -0.3 is 9.42 Å². The van der Waals surface area contributed by atoms with Crippen LogP contribution in [-0.4, -0.2) is 23.0 Å². The molecule has 0 atom stereocenters. The third-order valence-corrected chi connectivity index (χ3v) is 3.06. The van der Waals surface area contributed by atoms with Gasteiger partial charge in [-0.15, -0.1) is 11.6 Å². The smallest absolute Gasteiger partial charge is 0.253 e. The van der Waals surface area contributed by atoms with E-state index in [9.17, 15) is 4.79 Å². The summed E-state index contributed by atoms with van der Waals surface area (Å²) in [5.41, 5.74) is 2.29. The van der Waals surface area contributed by atoms with E-state index in [2.05, 4.69) is 5.16 Å². The summed E-state index contributed by atoms with van der Waals surface area (Å²) in [6, 6.07) is 9.13. The van der Waals surface area contributed by atoms with Gasteiger partial charge in [0.25, 0.3) is 5.91 Å². The van der Waals surface area contributed by atoms with E-state index >= 15 is 0 Å². The van der Waals surface area contributed by atoms with E-state index < -0.39 is 0 Å². The van der Waals surface area contributed by atoms with E-state index in [-0.39, 0.29) is 5.91 Å². The highest BCUT2D eigenvalue weighted by atomic mass is 35.5. The summed E-state index contributed by atoms with van der Waals surface area (Å²) in [4.78, 5) is 13.9. The molecule has 2 aromatic rings. The monoisotopic (exact) mass is 278 g/mol. The van der Waals surface area contributed by atoms with Gasteiger partial charge in [0.05, 0.1) is 6.54 Å². The lowest BCUT2D eigenvalue weighted by Gasteiger charge is -2.15. The van der Waals surface area contributed by atoms with Crippen LogP contribution in [0.15, 0.2) is 34.9 Å². The number of carbonyl (C=O) groups excluding carboxylic acids is 1. The highest BCUT2D eigenvalue weighted by Gasteiger charge is 2.14. The second-order valence-corrected chi connectivity index (χ2v) is 4.69. The minimum absolute atomic E-state index is 0.0624. The topological polar surface area (TPSA) is 46.3 Å². The Morgan fingerprint density at radius 1 is 1.42 bits per heavy atom. The van der Waals surface area contributed by atoms with Crippen molar-refractivity contribution < 1.29 is 9.32 Å². The Morgan fingerprint density at radius 3 is 2.84 bits per heavy atom. The zero-order valence-electron chi connectivity index (χ0n) is 10.9. The number of aryl methyl sites for hydroxylation is 1. The van der Waals surface area contributed by atoms with Crippen LogP contribution < -0.4 is 0 Å². The molecule has 1 aromatic heterocycles. The molecule has 2 rings (SSSR count). The fraction of sp³-hybridized carbons (Fsp3) is 0.286. The molecule has 1 amide bonds. The summed E-state index contributed by atoms with van der Waals surface area (Å²) in [5.74, 6) is 1.07. The third-order valence-electron chi connectivity index (χ3n) is 2.75. The SMILES string of the molecule is Cc1cc(CN(C)C(=O)c2cccc(CCl)c2)no1. The highest BCUT2D eigenvalue weighted by molar-refractivity contribution is 6.17. The first kappa shape index (κ1) is 13.6. The van der Waals surface area contributed by atoms with Crippen molar-refractivity contribution in [3.8, 4) is 0 Å². The Hall–Kier alpha value is -1.81. The number of aromatic nitrogens is 1. The van der Waals surface area contributed by atoms with Crippen molar-refractivity contribution >= 4 is 17.5 Å². The van der Waals surface area contributed by atoms with Crippen molar-refractivity contribution in [2.45, 2.75) is 19.3 Å². The number of amides is 1. The van der Waals surface area contributed by atoms with E-state index in [1.165, 1.54) is 0 Å². The first-order chi connectivity index (χ1) is 9.10. The Kier molecular flexibility index (Phi) is 4.22. The molecule has 0 saturated heterocycles. The fourth-order valence-corrected chi connectivity index (χ4v) is 1.98. The molecule has 0 aliphatic carbocycles. The molecule has 1 aromatic carbocycles. The quantitative estimate of drug-likeness (QED) is 0.808.